The molecule has 1 atom stereocenters. The first-order valence-corrected chi connectivity index (χ1v) is 9.28. The molecule has 3 aromatic rings. The zero-order valence-corrected chi connectivity index (χ0v) is 15.8. The van der Waals surface area contributed by atoms with Gasteiger partial charge in [0.1, 0.15) is 5.75 Å². The van der Waals surface area contributed by atoms with Crippen molar-refractivity contribution in [3.8, 4) is 5.75 Å². The van der Waals surface area contributed by atoms with Crippen LogP contribution >= 0.6 is 11.8 Å². The van der Waals surface area contributed by atoms with Crippen molar-refractivity contribution in [1.29, 1.82) is 0 Å². The quantitative estimate of drug-likeness (QED) is 0.615. The fraction of sp³-hybridized carbons (Fsp3) is 0.278. The highest BCUT2D eigenvalue weighted by Gasteiger charge is 2.31. The van der Waals surface area contributed by atoms with E-state index in [2.05, 4.69) is 15.5 Å². The number of alkyl halides is 3. The van der Waals surface area contributed by atoms with Gasteiger partial charge in [0.2, 0.25) is 5.91 Å². The van der Waals surface area contributed by atoms with Crippen molar-refractivity contribution in [2.24, 2.45) is 0 Å². The first-order valence-electron chi connectivity index (χ1n) is 8.40. The predicted octanol–water partition coefficient (Wildman–Crippen LogP) is 4.27. The molecule has 2 heterocycles. The molecule has 0 aliphatic rings. The van der Waals surface area contributed by atoms with Crippen LogP contribution in [0.1, 0.15) is 19.4 Å². The summed E-state index contributed by atoms with van der Waals surface area (Å²) in [6.45, 7) is 4.06. The lowest BCUT2D eigenvalue weighted by atomic mass is 10.3. The SMILES string of the molecule is CCOc1ccc(NC(=O)C(C)Sc2nnc3ccc(C(F)(F)F)cn23)cc1. The number of carbonyl (C=O) groups excluding carboxylic acids is 1. The molecule has 2 aromatic heterocycles. The van der Waals surface area contributed by atoms with Crippen LogP contribution < -0.4 is 10.1 Å². The number of hydrogen-bond acceptors (Lipinski definition) is 5. The molecule has 1 amide bonds. The van der Waals surface area contributed by atoms with Crippen molar-refractivity contribution in [1.82, 2.24) is 14.6 Å². The third-order valence-corrected chi connectivity index (χ3v) is 4.84. The van der Waals surface area contributed by atoms with Crippen LogP contribution in [0.4, 0.5) is 18.9 Å². The minimum absolute atomic E-state index is 0.204. The smallest absolute Gasteiger partial charge is 0.417 e. The molecule has 1 N–H and O–H groups in total. The van der Waals surface area contributed by atoms with Crippen LogP contribution in [0.2, 0.25) is 0 Å². The summed E-state index contributed by atoms with van der Waals surface area (Å²) in [7, 11) is 0. The van der Waals surface area contributed by atoms with E-state index in [0.29, 0.717) is 18.0 Å². The summed E-state index contributed by atoms with van der Waals surface area (Å²) in [6, 6.07) is 9.08. The topological polar surface area (TPSA) is 68.5 Å². The number of amides is 1. The Bertz CT molecular complexity index is 973. The number of thioether (sulfide) groups is 1. The van der Waals surface area contributed by atoms with Gasteiger partial charge in [-0.15, -0.1) is 10.2 Å². The molecule has 0 fully saturated rings. The number of halogens is 3. The lowest BCUT2D eigenvalue weighted by Crippen LogP contribution is -2.22. The van der Waals surface area contributed by atoms with Gasteiger partial charge in [-0.25, -0.2) is 0 Å². The summed E-state index contributed by atoms with van der Waals surface area (Å²) in [6.07, 6.45) is -3.55. The van der Waals surface area contributed by atoms with Crippen molar-refractivity contribution in [2.45, 2.75) is 30.4 Å². The molecular formula is C18H17F3N4O2S. The molecule has 6 nitrogen and oxygen atoms in total. The average molecular weight is 410 g/mol. The van der Waals surface area contributed by atoms with Crippen molar-refractivity contribution >= 4 is 29.0 Å². The molecule has 148 valence electrons. The van der Waals surface area contributed by atoms with Crippen LogP contribution in [-0.2, 0) is 11.0 Å². The third-order valence-electron chi connectivity index (χ3n) is 3.78. The van der Waals surface area contributed by atoms with Gasteiger partial charge in [0, 0.05) is 11.9 Å². The van der Waals surface area contributed by atoms with Crippen molar-refractivity contribution in [3.63, 3.8) is 0 Å². The average Bonchev–Trinajstić information content (AvgIpc) is 3.05. The minimum atomic E-state index is -4.48. The fourth-order valence-electron chi connectivity index (χ4n) is 2.37. The fourth-order valence-corrected chi connectivity index (χ4v) is 3.20. The number of rotatable bonds is 6. The van der Waals surface area contributed by atoms with Gasteiger partial charge in [-0.2, -0.15) is 13.2 Å². The summed E-state index contributed by atoms with van der Waals surface area (Å²) in [5, 5.41) is 10.1. The van der Waals surface area contributed by atoms with E-state index in [4.69, 9.17) is 4.74 Å². The summed E-state index contributed by atoms with van der Waals surface area (Å²) in [5.74, 6) is 0.385. The maximum atomic E-state index is 12.9. The number of fused-ring (bicyclic) bond motifs is 1. The van der Waals surface area contributed by atoms with Gasteiger partial charge >= 0.3 is 6.18 Å². The Morgan fingerprint density at radius 3 is 2.57 bits per heavy atom. The van der Waals surface area contributed by atoms with Crippen molar-refractivity contribution in [3.05, 3.63) is 48.2 Å². The zero-order chi connectivity index (χ0) is 20.3. The summed E-state index contributed by atoms with van der Waals surface area (Å²) in [4.78, 5) is 12.4. The summed E-state index contributed by atoms with van der Waals surface area (Å²) in [5.41, 5.74) is 0.0501. The van der Waals surface area contributed by atoms with E-state index in [9.17, 15) is 18.0 Å². The highest BCUT2D eigenvalue weighted by molar-refractivity contribution is 8.00. The molecular weight excluding hydrogens is 393 g/mol. The second-order valence-electron chi connectivity index (χ2n) is 5.83. The Morgan fingerprint density at radius 1 is 1.21 bits per heavy atom. The maximum absolute atomic E-state index is 12.9. The molecule has 0 spiro atoms. The molecule has 1 unspecified atom stereocenters. The van der Waals surface area contributed by atoms with Crippen LogP contribution in [0, 0.1) is 0 Å². The van der Waals surface area contributed by atoms with Gasteiger partial charge < -0.3 is 10.1 Å². The molecule has 0 saturated heterocycles. The highest BCUT2D eigenvalue weighted by Crippen LogP contribution is 2.31. The van der Waals surface area contributed by atoms with Gasteiger partial charge in [0.15, 0.2) is 10.8 Å². The second-order valence-corrected chi connectivity index (χ2v) is 7.14. The molecule has 28 heavy (non-hydrogen) atoms. The number of benzene rings is 1. The molecule has 0 bridgehead atoms. The van der Waals surface area contributed by atoms with Crippen LogP contribution in [0.15, 0.2) is 47.8 Å². The molecule has 1 aromatic carbocycles. The largest absolute Gasteiger partial charge is 0.494 e. The Morgan fingerprint density at radius 2 is 1.93 bits per heavy atom. The summed E-state index contributed by atoms with van der Waals surface area (Å²) < 4.78 is 45.4. The Kier molecular flexibility index (Phi) is 5.78. The number of nitrogens with zero attached hydrogens (tertiary/aromatic N) is 3. The lowest BCUT2D eigenvalue weighted by Gasteiger charge is -2.12. The van der Waals surface area contributed by atoms with E-state index in [-0.39, 0.29) is 16.7 Å². The number of pyridine rings is 1. The molecule has 0 aliphatic heterocycles. The summed E-state index contributed by atoms with van der Waals surface area (Å²) >= 11 is 1.02. The molecule has 0 radical (unpaired) electrons. The van der Waals surface area contributed by atoms with Crippen LogP contribution in [0.25, 0.3) is 5.65 Å². The Balaban J connectivity index is 1.71. The zero-order valence-electron chi connectivity index (χ0n) is 15.0. The van der Waals surface area contributed by atoms with E-state index in [1.165, 1.54) is 10.5 Å². The van der Waals surface area contributed by atoms with Crippen LogP contribution in [-0.4, -0.2) is 32.4 Å². The Hall–Kier alpha value is -2.75. The normalized spacial score (nSPS) is 12.8. The molecule has 3 rings (SSSR count). The van der Waals surface area contributed by atoms with E-state index < -0.39 is 17.0 Å². The minimum Gasteiger partial charge on any atom is -0.494 e. The number of ether oxygens (including phenoxy) is 1. The molecule has 0 saturated carbocycles. The standard InChI is InChI=1S/C18H17F3N4O2S/c1-3-27-14-7-5-13(6-8-14)22-16(26)11(2)28-17-24-23-15-9-4-12(10-25(15)17)18(19,20)21/h4-11H,3H2,1-2H3,(H,22,26). The van der Waals surface area contributed by atoms with Crippen LogP contribution in [0.3, 0.4) is 0 Å². The number of aromatic nitrogens is 3. The number of anilines is 1. The van der Waals surface area contributed by atoms with Crippen LogP contribution in [0.5, 0.6) is 5.75 Å². The number of hydrogen-bond donors (Lipinski definition) is 1. The van der Waals surface area contributed by atoms with E-state index in [1.54, 1.807) is 31.2 Å². The van der Waals surface area contributed by atoms with Gasteiger partial charge in [0.25, 0.3) is 0 Å². The van der Waals surface area contributed by atoms with Gasteiger partial charge in [-0.1, -0.05) is 11.8 Å². The number of nitrogens with one attached hydrogen (secondary N) is 1. The second kappa shape index (κ2) is 8.09. The number of carbonyl (C=O) groups is 1. The Labute approximate surface area is 163 Å². The highest BCUT2D eigenvalue weighted by atomic mass is 32.2. The van der Waals surface area contributed by atoms with Crippen molar-refractivity contribution < 1.29 is 22.7 Å². The van der Waals surface area contributed by atoms with Gasteiger partial charge in [0.05, 0.1) is 17.4 Å². The van der Waals surface area contributed by atoms with E-state index in [1.807, 2.05) is 6.92 Å². The molecule has 10 heteroatoms. The first kappa shape index (κ1) is 20.0. The third kappa shape index (κ3) is 4.56. The van der Waals surface area contributed by atoms with Gasteiger partial charge in [-0.05, 0) is 50.2 Å². The van der Waals surface area contributed by atoms with Crippen molar-refractivity contribution in [2.75, 3.05) is 11.9 Å². The van der Waals surface area contributed by atoms with E-state index in [0.717, 1.165) is 24.0 Å². The molecule has 0 aliphatic carbocycles. The lowest BCUT2D eigenvalue weighted by molar-refractivity contribution is -0.137. The first-order chi connectivity index (χ1) is 13.3. The predicted molar refractivity (Wildman–Crippen MR) is 99.5 cm³/mol. The maximum Gasteiger partial charge on any atom is 0.417 e. The van der Waals surface area contributed by atoms with E-state index >= 15 is 0 Å². The van der Waals surface area contributed by atoms with Gasteiger partial charge in [-0.3, -0.25) is 9.20 Å². The monoisotopic (exact) mass is 410 g/mol.